The van der Waals surface area contributed by atoms with E-state index >= 15 is 0 Å². The number of amides is 1. The molecule has 2 saturated heterocycles. The quantitative estimate of drug-likeness (QED) is 0.865. The van der Waals surface area contributed by atoms with Crippen LogP contribution in [0.15, 0.2) is 16.7 Å². The Morgan fingerprint density at radius 1 is 1.48 bits per heavy atom. The van der Waals surface area contributed by atoms with Crippen molar-refractivity contribution in [2.75, 3.05) is 13.1 Å². The summed E-state index contributed by atoms with van der Waals surface area (Å²) in [5, 5.41) is 3.71. The molecule has 4 heterocycles. The minimum atomic E-state index is -0.440. The Hall–Kier alpha value is -1.49. The summed E-state index contributed by atoms with van der Waals surface area (Å²) in [5.41, 5.74) is 0.726. The predicted octanol–water partition coefficient (Wildman–Crippen LogP) is 2.90. The number of hydrogen-bond acceptors (Lipinski definition) is 4. The minimum Gasteiger partial charge on any atom is -0.469 e. The third kappa shape index (κ3) is 2.20. The van der Waals surface area contributed by atoms with Gasteiger partial charge in [0.15, 0.2) is 0 Å². The Balaban J connectivity index is 1.57. The van der Waals surface area contributed by atoms with Crippen molar-refractivity contribution in [2.45, 2.75) is 57.7 Å². The van der Waals surface area contributed by atoms with Gasteiger partial charge in [-0.3, -0.25) is 0 Å². The van der Waals surface area contributed by atoms with Gasteiger partial charge in [0.1, 0.15) is 11.4 Å². The van der Waals surface area contributed by atoms with Gasteiger partial charge in [-0.25, -0.2) is 4.79 Å². The third-order valence-corrected chi connectivity index (χ3v) is 5.74. The van der Waals surface area contributed by atoms with Crippen molar-refractivity contribution in [3.05, 3.63) is 23.7 Å². The predicted molar refractivity (Wildman–Crippen MR) is 86.1 cm³/mol. The first-order valence-corrected chi connectivity index (χ1v) is 8.61. The van der Waals surface area contributed by atoms with Crippen LogP contribution in [0.2, 0.25) is 0 Å². The molecule has 3 fully saturated rings. The molecule has 4 unspecified atom stereocenters. The second-order valence-corrected chi connectivity index (χ2v) is 8.36. The monoisotopic (exact) mass is 318 g/mol. The highest BCUT2D eigenvalue weighted by molar-refractivity contribution is 5.70. The maximum atomic E-state index is 12.5. The van der Waals surface area contributed by atoms with Crippen LogP contribution < -0.4 is 5.32 Å². The summed E-state index contributed by atoms with van der Waals surface area (Å²) in [6.45, 7) is 9.77. The molecule has 1 saturated carbocycles. The summed E-state index contributed by atoms with van der Waals surface area (Å²) < 4.78 is 11.2. The van der Waals surface area contributed by atoms with Gasteiger partial charge in [-0.15, -0.1) is 0 Å². The molecule has 1 aromatic heterocycles. The number of fused-ring (bicyclic) bond motifs is 2. The second kappa shape index (κ2) is 4.76. The van der Waals surface area contributed by atoms with Gasteiger partial charge in [-0.05, 0) is 46.1 Å². The Morgan fingerprint density at radius 2 is 2.26 bits per heavy atom. The summed E-state index contributed by atoms with van der Waals surface area (Å²) in [5.74, 6) is 2.08. The van der Waals surface area contributed by atoms with Gasteiger partial charge in [-0.2, -0.15) is 0 Å². The summed E-state index contributed by atoms with van der Waals surface area (Å²) in [4.78, 5) is 14.4. The maximum Gasteiger partial charge on any atom is 0.410 e. The molecule has 5 heteroatoms. The summed E-state index contributed by atoms with van der Waals surface area (Å²) in [7, 11) is 0. The van der Waals surface area contributed by atoms with Crippen molar-refractivity contribution in [1.82, 2.24) is 10.2 Å². The lowest BCUT2D eigenvalue weighted by Gasteiger charge is -2.50. The smallest absolute Gasteiger partial charge is 0.410 e. The molecule has 5 nitrogen and oxygen atoms in total. The van der Waals surface area contributed by atoms with E-state index in [0.717, 1.165) is 31.7 Å². The molecular formula is C18H26N2O3. The molecule has 2 bridgehead atoms. The molecule has 4 aliphatic rings. The van der Waals surface area contributed by atoms with Gasteiger partial charge in [0.05, 0.1) is 6.26 Å². The average Bonchev–Trinajstić information content (AvgIpc) is 3.10. The van der Waals surface area contributed by atoms with Crippen LogP contribution in [0.1, 0.15) is 45.4 Å². The van der Waals surface area contributed by atoms with Crippen LogP contribution in [0.4, 0.5) is 4.79 Å². The molecule has 4 atom stereocenters. The molecular weight excluding hydrogens is 292 g/mol. The van der Waals surface area contributed by atoms with Crippen molar-refractivity contribution < 1.29 is 13.9 Å². The highest BCUT2D eigenvalue weighted by Gasteiger charge is 2.62. The minimum absolute atomic E-state index is 0.106. The molecule has 1 amide bonds. The normalized spacial score (nSPS) is 35.7. The number of hydrogen-bond donors (Lipinski definition) is 1. The maximum absolute atomic E-state index is 12.5. The Labute approximate surface area is 137 Å². The highest BCUT2D eigenvalue weighted by Crippen LogP contribution is 2.55. The zero-order valence-corrected chi connectivity index (χ0v) is 14.4. The standard InChI is InChI=1S/C18H26N2O3/c1-17(2,3)23-16(21)20-10-11-9-13(20)15(11)18(4)12-6-8-22-14(12)5-7-19-18/h6,8,11,13,15,19H,5,7,9-10H2,1-4H3. The molecule has 1 aromatic rings. The molecule has 0 radical (unpaired) electrons. The van der Waals surface area contributed by atoms with E-state index in [2.05, 4.69) is 18.3 Å². The molecule has 0 spiro atoms. The van der Waals surface area contributed by atoms with Gasteiger partial charge in [-0.1, -0.05) is 0 Å². The van der Waals surface area contributed by atoms with Crippen LogP contribution in [0.5, 0.6) is 0 Å². The van der Waals surface area contributed by atoms with Gasteiger partial charge < -0.3 is 19.4 Å². The van der Waals surface area contributed by atoms with E-state index < -0.39 is 5.60 Å². The number of furan rings is 1. The Kier molecular flexibility index (Phi) is 3.12. The van der Waals surface area contributed by atoms with Crippen LogP contribution in [-0.2, 0) is 16.7 Å². The number of carbonyl (C=O) groups is 1. The van der Waals surface area contributed by atoms with Gasteiger partial charge in [0.2, 0.25) is 0 Å². The SMILES string of the molecule is CC(C)(C)OC(=O)N1CC2CC1C2C1(C)NCCc2occc21. The number of nitrogens with one attached hydrogen (secondary N) is 1. The molecule has 0 aromatic carbocycles. The summed E-state index contributed by atoms with van der Waals surface area (Å²) in [6.07, 6.45) is 3.66. The van der Waals surface area contributed by atoms with Crippen LogP contribution in [0.25, 0.3) is 0 Å². The average molecular weight is 318 g/mol. The lowest BCUT2D eigenvalue weighted by atomic mass is 9.61. The van der Waals surface area contributed by atoms with Crippen LogP contribution in [0.3, 0.4) is 0 Å². The van der Waals surface area contributed by atoms with Gasteiger partial charge in [0.25, 0.3) is 0 Å². The fourth-order valence-electron chi connectivity index (χ4n) is 4.83. The lowest BCUT2D eigenvalue weighted by Crippen LogP contribution is -2.59. The molecule has 23 heavy (non-hydrogen) atoms. The Bertz CT molecular complexity index is 632. The molecule has 126 valence electrons. The van der Waals surface area contributed by atoms with E-state index in [-0.39, 0.29) is 17.7 Å². The van der Waals surface area contributed by atoms with E-state index in [1.807, 2.05) is 25.7 Å². The first-order valence-electron chi connectivity index (χ1n) is 8.61. The van der Waals surface area contributed by atoms with Crippen molar-refractivity contribution in [2.24, 2.45) is 11.8 Å². The lowest BCUT2D eigenvalue weighted by molar-refractivity contribution is 0.00861. The molecule has 5 rings (SSSR count). The first kappa shape index (κ1) is 15.1. The number of nitrogens with zero attached hydrogens (tertiary/aromatic N) is 1. The highest BCUT2D eigenvalue weighted by atomic mass is 16.6. The van der Waals surface area contributed by atoms with E-state index in [1.54, 1.807) is 6.26 Å². The fourth-order valence-corrected chi connectivity index (χ4v) is 4.83. The van der Waals surface area contributed by atoms with Crippen molar-refractivity contribution in [3.8, 4) is 0 Å². The van der Waals surface area contributed by atoms with E-state index in [0.29, 0.717) is 11.8 Å². The Morgan fingerprint density at radius 3 is 3.00 bits per heavy atom. The van der Waals surface area contributed by atoms with Crippen LogP contribution >= 0.6 is 0 Å². The van der Waals surface area contributed by atoms with Crippen molar-refractivity contribution >= 4 is 6.09 Å². The molecule has 1 N–H and O–H groups in total. The third-order valence-electron chi connectivity index (χ3n) is 5.74. The summed E-state index contributed by atoms with van der Waals surface area (Å²) >= 11 is 0. The second-order valence-electron chi connectivity index (χ2n) is 8.36. The van der Waals surface area contributed by atoms with Crippen molar-refractivity contribution in [3.63, 3.8) is 0 Å². The topological polar surface area (TPSA) is 54.7 Å². The molecule has 1 aliphatic carbocycles. The van der Waals surface area contributed by atoms with E-state index in [1.165, 1.54) is 5.56 Å². The first-order chi connectivity index (χ1) is 10.8. The number of rotatable bonds is 1. The number of ether oxygens (including phenoxy) is 1. The zero-order chi connectivity index (χ0) is 16.4. The zero-order valence-electron chi connectivity index (χ0n) is 14.4. The largest absolute Gasteiger partial charge is 0.469 e. The van der Waals surface area contributed by atoms with Gasteiger partial charge in [0, 0.05) is 42.6 Å². The van der Waals surface area contributed by atoms with Crippen molar-refractivity contribution in [1.29, 1.82) is 0 Å². The fraction of sp³-hybridized carbons (Fsp3) is 0.722. The van der Waals surface area contributed by atoms with Crippen LogP contribution in [-0.4, -0.2) is 35.7 Å². The van der Waals surface area contributed by atoms with E-state index in [4.69, 9.17) is 9.15 Å². The van der Waals surface area contributed by atoms with Gasteiger partial charge >= 0.3 is 6.09 Å². The molecule has 3 aliphatic heterocycles. The number of carbonyl (C=O) groups excluding carboxylic acids is 1. The summed E-state index contributed by atoms with van der Waals surface area (Å²) in [6, 6.07) is 2.37. The van der Waals surface area contributed by atoms with Crippen LogP contribution in [0, 0.1) is 11.8 Å². The van der Waals surface area contributed by atoms with E-state index in [9.17, 15) is 4.79 Å².